The van der Waals surface area contributed by atoms with E-state index < -0.39 is 17.5 Å². The number of hydrogen-bond acceptors (Lipinski definition) is 6. The van der Waals surface area contributed by atoms with Gasteiger partial charge in [0, 0.05) is 53.4 Å². The Morgan fingerprint density at radius 3 is 1.83 bits per heavy atom. The normalized spacial score (nSPS) is 31.4. The molecule has 6 heteroatoms. The predicted octanol–water partition coefficient (Wildman–Crippen LogP) is 3.25. The van der Waals surface area contributed by atoms with Gasteiger partial charge in [-0.25, -0.2) is 4.79 Å². The van der Waals surface area contributed by atoms with Gasteiger partial charge in [0.1, 0.15) is 17.6 Å². The van der Waals surface area contributed by atoms with E-state index >= 15 is 0 Å². The molecule has 0 radical (unpaired) electrons. The number of carbonyl (C=O) groups excluding carboxylic acids is 2. The van der Waals surface area contributed by atoms with Crippen molar-refractivity contribution in [3.05, 3.63) is 12.2 Å². The summed E-state index contributed by atoms with van der Waals surface area (Å²) in [6.07, 6.45) is 2.51. The highest BCUT2D eigenvalue weighted by Gasteiger charge is 2.64. The van der Waals surface area contributed by atoms with Gasteiger partial charge in [0.05, 0.1) is 0 Å². The zero-order chi connectivity index (χ0) is 22.0. The Morgan fingerprint density at radius 1 is 0.931 bits per heavy atom. The van der Waals surface area contributed by atoms with E-state index in [0.717, 1.165) is 12.8 Å². The summed E-state index contributed by atoms with van der Waals surface area (Å²) in [7, 11) is 0. The molecule has 1 atom stereocenters. The molecule has 3 saturated heterocycles. The molecule has 164 valence electrons. The van der Waals surface area contributed by atoms with Gasteiger partial charge >= 0.3 is 11.9 Å². The standard InChI is InChI=1S/C23H38N2O4/c1-14(17(26)28-15-10-19(2,3)24-20(4,5)11-15)16-18(27)29-23(16)12-21(6,7)25-22(8,9)13-23/h15-16,24-25H,1,10-13H2,2-9H3. The Morgan fingerprint density at radius 2 is 1.38 bits per heavy atom. The van der Waals surface area contributed by atoms with Crippen LogP contribution in [-0.2, 0) is 19.1 Å². The average molecular weight is 407 g/mol. The third-order valence-electron chi connectivity index (χ3n) is 6.26. The Kier molecular flexibility index (Phi) is 5.03. The lowest BCUT2D eigenvalue weighted by Gasteiger charge is -2.58. The van der Waals surface area contributed by atoms with E-state index in [1.165, 1.54) is 0 Å². The smallest absolute Gasteiger partial charge is 0.334 e. The summed E-state index contributed by atoms with van der Waals surface area (Å²) in [6, 6.07) is 0. The van der Waals surface area contributed by atoms with Gasteiger partial charge in [0.2, 0.25) is 0 Å². The summed E-state index contributed by atoms with van der Waals surface area (Å²) < 4.78 is 11.6. The minimum Gasteiger partial charge on any atom is -0.459 e. The summed E-state index contributed by atoms with van der Waals surface area (Å²) >= 11 is 0. The van der Waals surface area contributed by atoms with Crippen LogP contribution in [0.2, 0.25) is 0 Å². The molecule has 0 aromatic heterocycles. The van der Waals surface area contributed by atoms with E-state index in [0.29, 0.717) is 12.8 Å². The zero-order valence-corrected chi connectivity index (χ0v) is 19.3. The Labute approximate surface area is 175 Å². The molecule has 0 saturated carbocycles. The molecule has 3 heterocycles. The van der Waals surface area contributed by atoms with Crippen LogP contribution in [0.25, 0.3) is 0 Å². The van der Waals surface area contributed by atoms with Gasteiger partial charge in [-0.2, -0.15) is 0 Å². The Hall–Kier alpha value is -1.40. The van der Waals surface area contributed by atoms with Gasteiger partial charge in [-0.1, -0.05) is 6.58 Å². The fourth-order valence-corrected chi connectivity index (χ4v) is 6.43. The lowest BCUT2D eigenvalue weighted by atomic mass is 9.63. The minimum absolute atomic E-state index is 0.131. The van der Waals surface area contributed by atoms with Gasteiger partial charge in [0.15, 0.2) is 0 Å². The topological polar surface area (TPSA) is 76.7 Å². The summed E-state index contributed by atoms with van der Waals surface area (Å²) in [5, 5.41) is 7.18. The zero-order valence-electron chi connectivity index (χ0n) is 19.3. The molecule has 3 aliphatic heterocycles. The van der Waals surface area contributed by atoms with Crippen LogP contribution in [0.3, 0.4) is 0 Å². The van der Waals surface area contributed by atoms with Gasteiger partial charge in [-0.15, -0.1) is 0 Å². The van der Waals surface area contributed by atoms with Crippen LogP contribution in [0.15, 0.2) is 12.2 Å². The largest absolute Gasteiger partial charge is 0.459 e. The maximum absolute atomic E-state index is 13.0. The molecule has 0 aliphatic carbocycles. The van der Waals surface area contributed by atoms with Crippen LogP contribution in [0.1, 0.15) is 81.1 Å². The third kappa shape index (κ3) is 4.53. The van der Waals surface area contributed by atoms with E-state index in [4.69, 9.17) is 9.47 Å². The van der Waals surface area contributed by atoms with E-state index in [2.05, 4.69) is 72.6 Å². The molecule has 0 amide bonds. The number of piperidine rings is 2. The van der Waals surface area contributed by atoms with Crippen molar-refractivity contribution >= 4 is 11.9 Å². The number of carbonyl (C=O) groups is 2. The van der Waals surface area contributed by atoms with E-state index in [1.807, 2.05) is 0 Å². The van der Waals surface area contributed by atoms with Crippen molar-refractivity contribution in [3.63, 3.8) is 0 Å². The fraction of sp³-hybridized carbons (Fsp3) is 0.826. The fourth-order valence-electron chi connectivity index (χ4n) is 6.43. The lowest BCUT2D eigenvalue weighted by Crippen LogP contribution is -2.72. The average Bonchev–Trinajstić information content (AvgIpc) is 2.38. The predicted molar refractivity (Wildman–Crippen MR) is 112 cm³/mol. The third-order valence-corrected chi connectivity index (χ3v) is 6.26. The van der Waals surface area contributed by atoms with E-state index in [9.17, 15) is 9.59 Å². The number of rotatable bonds is 3. The van der Waals surface area contributed by atoms with Gasteiger partial charge in [-0.05, 0) is 55.4 Å². The molecular weight excluding hydrogens is 368 g/mol. The molecule has 0 bridgehead atoms. The maximum atomic E-state index is 13.0. The van der Waals surface area contributed by atoms with Crippen molar-refractivity contribution in [2.24, 2.45) is 5.92 Å². The van der Waals surface area contributed by atoms with Crippen LogP contribution < -0.4 is 10.6 Å². The molecule has 6 nitrogen and oxygen atoms in total. The highest BCUT2D eigenvalue weighted by atomic mass is 16.6. The highest BCUT2D eigenvalue weighted by Crippen LogP contribution is 2.51. The number of nitrogens with one attached hydrogen (secondary N) is 2. The summed E-state index contributed by atoms with van der Waals surface area (Å²) in [5.41, 5.74) is -1.16. The van der Waals surface area contributed by atoms with Gasteiger partial charge in [0.25, 0.3) is 0 Å². The number of ether oxygens (including phenoxy) is 2. The molecule has 0 aromatic carbocycles. The monoisotopic (exact) mass is 406 g/mol. The maximum Gasteiger partial charge on any atom is 0.334 e. The van der Waals surface area contributed by atoms with Crippen LogP contribution in [0.4, 0.5) is 0 Å². The molecule has 3 aliphatic rings. The van der Waals surface area contributed by atoms with Crippen LogP contribution in [0, 0.1) is 5.92 Å². The van der Waals surface area contributed by atoms with Crippen molar-refractivity contribution < 1.29 is 19.1 Å². The second-order valence-corrected chi connectivity index (χ2v) is 12.0. The number of esters is 2. The first kappa shape index (κ1) is 22.3. The summed E-state index contributed by atoms with van der Waals surface area (Å²) in [6.45, 7) is 20.8. The molecule has 1 spiro atoms. The first-order valence-corrected chi connectivity index (χ1v) is 10.7. The molecule has 1 unspecified atom stereocenters. The van der Waals surface area contributed by atoms with Crippen LogP contribution >= 0.6 is 0 Å². The van der Waals surface area contributed by atoms with Crippen molar-refractivity contribution in [3.8, 4) is 0 Å². The van der Waals surface area contributed by atoms with Gasteiger partial charge < -0.3 is 20.1 Å². The number of hydrogen-bond donors (Lipinski definition) is 2. The summed E-state index contributed by atoms with van der Waals surface area (Å²) in [5.74, 6) is -1.48. The molecule has 29 heavy (non-hydrogen) atoms. The molecule has 0 aromatic rings. The quantitative estimate of drug-likeness (QED) is 0.553. The van der Waals surface area contributed by atoms with Crippen LogP contribution in [0.5, 0.6) is 0 Å². The first-order valence-electron chi connectivity index (χ1n) is 10.7. The van der Waals surface area contributed by atoms with E-state index in [1.54, 1.807) is 0 Å². The molecule has 3 rings (SSSR count). The molecular formula is C23H38N2O4. The van der Waals surface area contributed by atoms with Crippen molar-refractivity contribution in [1.82, 2.24) is 10.6 Å². The SMILES string of the molecule is C=C(C(=O)OC1CC(C)(C)NC(C)(C)C1)C1C(=O)OC12CC(C)(C)NC(C)(C)C2. The second-order valence-electron chi connectivity index (χ2n) is 12.0. The lowest BCUT2D eigenvalue weighted by molar-refractivity contribution is -0.225. The van der Waals surface area contributed by atoms with Crippen molar-refractivity contribution in [1.29, 1.82) is 0 Å². The van der Waals surface area contributed by atoms with Gasteiger partial charge in [-0.3, -0.25) is 4.79 Å². The first-order chi connectivity index (χ1) is 13.0. The highest BCUT2D eigenvalue weighted by molar-refractivity contribution is 5.98. The molecule has 2 N–H and O–H groups in total. The van der Waals surface area contributed by atoms with Crippen molar-refractivity contribution in [2.45, 2.75) is 115 Å². The minimum atomic E-state index is -0.696. The second kappa shape index (κ2) is 6.55. The molecule has 3 fully saturated rings. The summed E-state index contributed by atoms with van der Waals surface area (Å²) in [4.78, 5) is 25.4. The van der Waals surface area contributed by atoms with E-state index in [-0.39, 0.29) is 39.8 Å². The van der Waals surface area contributed by atoms with Crippen LogP contribution in [-0.4, -0.2) is 45.8 Å². The van der Waals surface area contributed by atoms with Crippen molar-refractivity contribution in [2.75, 3.05) is 0 Å². The Bertz CT molecular complexity index is 703. The Balaban J connectivity index is 1.75.